The average Bonchev–Trinajstić information content (AvgIpc) is 3.19. The fraction of sp³-hybridized carbons (Fsp3) is 0.417. The van der Waals surface area contributed by atoms with Crippen LogP contribution in [0.1, 0.15) is 23.7 Å². The van der Waals surface area contributed by atoms with Gasteiger partial charge in [0.15, 0.2) is 0 Å². The Balaban J connectivity index is 1.45. The smallest absolute Gasteiger partial charge is 0.227 e. The second-order valence-corrected chi connectivity index (χ2v) is 7.97. The van der Waals surface area contributed by atoms with Crippen LogP contribution in [-0.4, -0.2) is 57.7 Å². The van der Waals surface area contributed by atoms with Gasteiger partial charge in [-0.05, 0) is 29.7 Å². The molecule has 31 heavy (non-hydrogen) atoms. The van der Waals surface area contributed by atoms with Crippen molar-refractivity contribution in [3.8, 4) is 11.5 Å². The van der Waals surface area contributed by atoms with Gasteiger partial charge in [0.2, 0.25) is 11.8 Å². The van der Waals surface area contributed by atoms with Crippen LogP contribution in [0.15, 0.2) is 42.5 Å². The maximum Gasteiger partial charge on any atom is 0.227 e. The van der Waals surface area contributed by atoms with Gasteiger partial charge in [0.05, 0.1) is 39.0 Å². The number of fused-ring (bicyclic) bond motifs is 1. The Hall–Kier alpha value is -3.06. The lowest BCUT2D eigenvalue weighted by molar-refractivity contribution is -0.136. The number of anilines is 1. The maximum atomic E-state index is 13.1. The number of hydrogen-bond donors (Lipinski definition) is 0. The first kappa shape index (κ1) is 21.2. The van der Waals surface area contributed by atoms with Gasteiger partial charge in [0.25, 0.3) is 0 Å². The molecule has 7 nitrogen and oxygen atoms in total. The molecule has 0 aliphatic carbocycles. The van der Waals surface area contributed by atoms with E-state index in [-0.39, 0.29) is 24.3 Å². The molecular formula is C24H28N2O5. The van der Waals surface area contributed by atoms with E-state index < -0.39 is 5.92 Å². The summed E-state index contributed by atoms with van der Waals surface area (Å²) in [4.78, 5) is 29.2. The van der Waals surface area contributed by atoms with E-state index in [1.54, 1.807) is 49.3 Å². The number of benzene rings is 2. The molecule has 2 aliphatic rings. The fourth-order valence-electron chi connectivity index (χ4n) is 4.39. The zero-order valence-corrected chi connectivity index (χ0v) is 18.2. The van der Waals surface area contributed by atoms with Crippen LogP contribution in [0.3, 0.4) is 0 Å². The Morgan fingerprint density at radius 1 is 1.19 bits per heavy atom. The summed E-state index contributed by atoms with van der Waals surface area (Å²) in [6.45, 7) is 1.44. The molecule has 1 saturated heterocycles. The van der Waals surface area contributed by atoms with Crippen LogP contribution in [-0.2, 0) is 20.7 Å². The number of hydrogen-bond acceptors (Lipinski definition) is 5. The number of amides is 2. The fourth-order valence-corrected chi connectivity index (χ4v) is 4.39. The normalized spacial score (nSPS) is 20.4. The molecule has 2 heterocycles. The largest absolute Gasteiger partial charge is 0.497 e. The lowest BCUT2D eigenvalue weighted by Crippen LogP contribution is -2.38. The van der Waals surface area contributed by atoms with Crippen LogP contribution in [0, 0.1) is 5.92 Å². The molecule has 0 spiro atoms. The lowest BCUT2D eigenvalue weighted by Gasteiger charge is -2.30. The van der Waals surface area contributed by atoms with E-state index in [4.69, 9.17) is 14.2 Å². The zero-order valence-electron chi connectivity index (χ0n) is 18.2. The monoisotopic (exact) mass is 424 g/mol. The van der Waals surface area contributed by atoms with Crippen molar-refractivity contribution in [2.24, 2.45) is 5.92 Å². The van der Waals surface area contributed by atoms with Gasteiger partial charge in [-0.15, -0.1) is 0 Å². The molecule has 0 radical (unpaired) electrons. The molecule has 0 bridgehead atoms. The molecule has 7 heteroatoms. The predicted molar refractivity (Wildman–Crippen MR) is 116 cm³/mol. The van der Waals surface area contributed by atoms with Crippen molar-refractivity contribution in [2.45, 2.75) is 18.9 Å². The molecule has 0 saturated carbocycles. The number of carbonyl (C=O) groups excluding carboxylic acids is 2. The SMILES string of the molecule is COc1ccc(N2C[C@H](C(=O)N(C)C[C@H]3OCCc4ccccc43)CC2=O)c(OC)c1. The highest BCUT2D eigenvalue weighted by Gasteiger charge is 2.38. The lowest BCUT2D eigenvalue weighted by atomic mass is 9.97. The Bertz CT molecular complexity index is 976. The molecule has 164 valence electrons. The summed E-state index contributed by atoms with van der Waals surface area (Å²) in [6.07, 6.45) is 0.925. The minimum absolute atomic E-state index is 0.0463. The van der Waals surface area contributed by atoms with E-state index in [1.807, 2.05) is 12.1 Å². The average molecular weight is 424 g/mol. The molecule has 4 rings (SSSR count). The van der Waals surface area contributed by atoms with Crippen LogP contribution in [0.2, 0.25) is 0 Å². The Morgan fingerprint density at radius 2 is 2.00 bits per heavy atom. The van der Waals surface area contributed by atoms with Gasteiger partial charge in [0, 0.05) is 26.1 Å². The van der Waals surface area contributed by atoms with Crippen LogP contribution in [0.5, 0.6) is 11.5 Å². The second-order valence-electron chi connectivity index (χ2n) is 7.97. The van der Waals surface area contributed by atoms with Gasteiger partial charge >= 0.3 is 0 Å². The van der Waals surface area contributed by atoms with Gasteiger partial charge in [-0.2, -0.15) is 0 Å². The van der Waals surface area contributed by atoms with Gasteiger partial charge in [-0.1, -0.05) is 24.3 Å². The number of rotatable bonds is 6. The molecule has 2 aliphatic heterocycles. The molecule has 2 atom stereocenters. The van der Waals surface area contributed by atoms with Crippen LogP contribution in [0.25, 0.3) is 0 Å². The zero-order chi connectivity index (χ0) is 22.0. The predicted octanol–water partition coefficient (Wildman–Crippen LogP) is 2.83. The van der Waals surface area contributed by atoms with Crippen molar-refractivity contribution in [3.05, 3.63) is 53.6 Å². The van der Waals surface area contributed by atoms with E-state index in [2.05, 4.69) is 12.1 Å². The van der Waals surface area contributed by atoms with Crippen molar-refractivity contribution in [1.29, 1.82) is 0 Å². The summed E-state index contributed by atoms with van der Waals surface area (Å²) in [5, 5.41) is 0. The van der Waals surface area contributed by atoms with E-state index in [9.17, 15) is 9.59 Å². The number of methoxy groups -OCH3 is 2. The summed E-state index contributed by atoms with van der Waals surface area (Å²) in [5.74, 6) is 0.654. The van der Waals surface area contributed by atoms with Gasteiger partial charge in [-0.3, -0.25) is 9.59 Å². The highest BCUT2D eigenvalue weighted by Crippen LogP contribution is 2.36. The summed E-state index contributed by atoms with van der Waals surface area (Å²) < 4.78 is 16.6. The molecular weight excluding hydrogens is 396 g/mol. The topological polar surface area (TPSA) is 68.3 Å². The van der Waals surface area contributed by atoms with Crippen molar-refractivity contribution < 1.29 is 23.8 Å². The Kier molecular flexibility index (Phi) is 6.13. The number of likely N-dealkylation sites (N-methyl/N-ethyl adjacent to an activating group) is 1. The standard InChI is InChI=1S/C24H28N2O5/c1-25(15-22-19-7-5-4-6-16(19)10-11-31-22)24(28)17-12-23(27)26(14-17)20-9-8-18(29-2)13-21(20)30-3/h4-9,13,17,22H,10-12,14-15H2,1-3H3/t17-,22-/m1/s1. The first-order valence-corrected chi connectivity index (χ1v) is 10.5. The van der Waals surface area contributed by atoms with E-state index in [0.29, 0.717) is 36.9 Å². The molecule has 2 aromatic carbocycles. The van der Waals surface area contributed by atoms with E-state index in [1.165, 1.54) is 5.56 Å². The minimum atomic E-state index is -0.400. The minimum Gasteiger partial charge on any atom is -0.497 e. The number of nitrogens with zero attached hydrogens (tertiary/aromatic N) is 2. The van der Waals surface area contributed by atoms with Crippen LogP contribution < -0.4 is 14.4 Å². The second kappa shape index (κ2) is 8.98. The van der Waals surface area contributed by atoms with Crippen LogP contribution in [0.4, 0.5) is 5.69 Å². The molecule has 1 fully saturated rings. The summed E-state index contributed by atoms with van der Waals surface area (Å²) in [7, 11) is 4.91. The van der Waals surface area contributed by atoms with Crippen molar-refractivity contribution in [1.82, 2.24) is 4.90 Å². The Morgan fingerprint density at radius 3 is 2.77 bits per heavy atom. The third-order valence-corrected chi connectivity index (χ3v) is 6.06. The first-order chi connectivity index (χ1) is 15.0. The van der Waals surface area contributed by atoms with Crippen molar-refractivity contribution in [3.63, 3.8) is 0 Å². The number of carbonyl (C=O) groups is 2. The quantitative estimate of drug-likeness (QED) is 0.713. The third-order valence-electron chi connectivity index (χ3n) is 6.06. The highest BCUT2D eigenvalue weighted by atomic mass is 16.5. The van der Waals surface area contributed by atoms with Gasteiger partial charge < -0.3 is 24.0 Å². The van der Waals surface area contributed by atoms with Crippen molar-refractivity contribution in [2.75, 3.05) is 45.9 Å². The molecule has 0 aromatic heterocycles. The molecule has 0 N–H and O–H groups in total. The van der Waals surface area contributed by atoms with Gasteiger partial charge in [-0.25, -0.2) is 0 Å². The summed E-state index contributed by atoms with van der Waals surface area (Å²) in [6, 6.07) is 13.5. The third kappa shape index (κ3) is 4.23. The molecule has 2 amide bonds. The van der Waals surface area contributed by atoms with Crippen molar-refractivity contribution >= 4 is 17.5 Å². The van der Waals surface area contributed by atoms with E-state index in [0.717, 1.165) is 12.0 Å². The maximum absolute atomic E-state index is 13.1. The van der Waals surface area contributed by atoms with Crippen LogP contribution >= 0.6 is 0 Å². The first-order valence-electron chi connectivity index (χ1n) is 10.5. The highest BCUT2D eigenvalue weighted by molar-refractivity contribution is 6.01. The Labute approximate surface area is 182 Å². The molecule has 0 unspecified atom stereocenters. The van der Waals surface area contributed by atoms with Gasteiger partial charge in [0.1, 0.15) is 17.6 Å². The summed E-state index contributed by atoms with van der Waals surface area (Å²) >= 11 is 0. The summed E-state index contributed by atoms with van der Waals surface area (Å²) in [5.41, 5.74) is 3.06. The van der Waals surface area contributed by atoms with E-state index >= 15 is 0 Å². The molecule has 2 aromatic rings. The number of ether oxygens (including phenoxy) is 3.